The van der Waals surface area contributed by atoms with E-state index >= 15 is 0 Å². The first-order valence-electron chi connectivity index (χ1n) is 8.86. The molecule has 3 aromatic rings. The number of methoxy groups -OCH3 is 1. The lowest BCUT2D eigenvalue weighted by Gasteiger charge is -2.24. The number of aromatic nitrogens is 1. The number of hydrogen-bond acceptors (Lipinski definition) is 5. The topological polar surface area (TPSA) is 80.3 Å². The van der Waals surface area contributed by atoms with Gasteiger partial charge >= 0.3 is 0 Å². The van der Waals surface area contributed by atoms with Crippen molar-refractivity contribution in [1.82, 2.24) is 4.98 Å². The lowest BCUT2D eigenvalue weighted by molar-refractivity contribution is -0.123. The molecule has 7 heteroatoms. The number of nitrogens with one attached hydrogen (secondary N) is 2. The predicted molar refractivity (Wildman–Crippen MR) is 110 cm³/mol. The predicted octanol–water partition coefficient (Wildman–Crippen LogP) is 4.19. The molecular formula is C21H19N3O3S. The Hall–Kier alpha value is -3.19. The molecule has 1 unspecified atom stereocenters. The van der Waals surface area contributed by atoms with E-state index in [2.05, 4.69) is 15.6 Å². The van der Waals surface area contributed by atoms with Gasteiger partial charge in [0.2, 0.25) is 11.8 Å². The number of hydrogen-bond donors (Lipinski definition) is 2. The number of aryl methyl sites for hydroxylation is 1. The van der Waals surface area contributed by atoms with E-state index in [4.69, 9.17) is 4.74 Å². The van der Waals surface area contributed by atoms with Crippen molar-refractivity contribution in [2.75, 3.05) is 17.7 Å². The Balaban J connectivity index is 1.56. The summed E-state index contributed by atoms with van der Waals surface area (Å²) in [5.74, 6) is -0.136. The molecule has 0 fully saturated rings. The zero-order valence-electron chi connectivity index (χ0n) is 15.5. The SMILES string of the molecule is COc1ccc(-c2nc(NC(=O)C3CC(=O)Nc4ccccc43)sc2C)cc1. The molecule has 6 nitrogen and oxygen atoms in total. The van der Waals surface area contributed by atoms with Crippen LogP contribution in [0.4, 0.5) is 10.8 Å². The number of anilines is 2. The molecule has 0 saturated carbocycles. The maximum atomic E-state index is 12.9. The van der Waals surface area contributed by atoms with E-state index in [9.17, 15) is 9.59 Å². The van der Waals surface area contributed by atoms with Crippen molar-refractivity contribution in [3.63, 3.8) is 0 Å². The summed E-state index contributed by atoms with van der Waals surface area (Å²) in [5.41, 5.74) is 3.29. The third-order valence-corrected chi connectivity index (χ3v) is 5.59. The van der Waals surface area contributed by atoms with Crippen molar-refractivity contribution in [3.8, 4) is 17.0 Å². The molecule has 0 spiro atoms. The minimum atomic E-state index is -0.529. The molecule has 1 aromatic heterocycles. The summed E-state index contributed by atoms with van der Waals surface area (Å²) in [6.45, 7) is 1.97. The van der Waals surface area contributed by atoms with Gasteiger partial charge in [-0.2, -0.15) is 0 Å². The molecule has 0 radical (unpaired) electrons. The van der Waals surface area contributed by atoms with Gasteiger partial charge in [-0.15, -0.1) is 11.3 Å². The number of benzene rings is 2. The molecule has 0 saturated heterocycles. The molecule has 2 amide bonds. The van der Waals surface area contributed by atoms with Crippen LogP contribution in [0, 0.1) is 6.92 Å². The number of carbonyl (C=O) groups excluding carboxylic acids is 2. The second-order valence-electron chi connectivity index (χ2n) is 6.53. The lowest BCUT2D eigenvalue weighted by atomic mass is 9.90. The fourth-order valence-electron chi connectivity index (χ4n) is 3.30. The van der Waals surface area contributed by atoms with Crippen molar-refractivity contribution in [1.29, 1.82) is 0 Å². The second-order valence-corrected chi connectivity index (χ2v) is 7.74. The molecular weight excluding hydrogens is 374 g/mol. The van der Waals surface area contributed by atoms with E-state index in [1.807, 2.05) is 55.5 Å². The summed E-state index contributed by atoms with van der Waals surface area (Å²) in [7, 11) is 1.63. The number of ether oxygens (including phenoxy) is 1. The third kappa shape index (κ3) is 3.48. The number of fused-ring (bicyclic) bond motifs is 1. The Labute approximate surface area is 166 Å². The van der Waals surface area contributed by atoms with Crippen LogP contribution in [-0.2, 0) is 9.59 Å². The van der Waals surface area contributed by atoms with Crippen molar-refractivity contribution in [3.05, 3.63) is 59.0 Å². The molecule has 0 aliphatic carbocycles. The normalized spacial score (nSPS) is 15.5. The van der Waals surface area contributed by atoms with Gasteiger partial charge in [-0.3, -0.25) is 9.59 Å². The number of carbonyl (C=O) groups is 2. The van der Waals surface area contributed by atoms with E-state index in [1.165, 1.54) is 11.3 Å². The summed E-state index contributed by atoms with van der Waals surface area (Å²) in [6.07, 6.45) is 0.124. The molecule has 2 heterocycles. The van der Waals surface area contributed by atoms with Gasteiger partial charge in [-0.1, -0.05) is 18.2 Å². The molecule has 2 N–H and O–H groups in total. The molecule has 142 valence electrons. The van der Waals surface area contributed by atoms with E-state index in [-0.39, 0.29) is 18.2 Å². The van der Waals surface area contributed by atoms with Crippen LogP contribution in [0.3, 0.4) is 0 Å². The zero-order chi connectivity index (χ0) is 19.7. The zero-order valence-corrected chi connectivity index (χ0v) is 16.3. The summed E-state index contributed by atoms with van der Waals surface area (Å²) < 4.78 is 5.19. The first-order chi connectivity index (χ1) is 13.5. The largest absolute Gasteiger partial charge is 0.497 e. The Kier molecular flexibility index (Phi) is 4.83. The van der Waals surface area contributed by atoms with Gasteiger partial charge in [0, 0.05) is 22.5 Å². The van der Waals surface area contributed by atoms with Crippen LogP contribution in [0.15, 0.2) is 48.5 Å². The van der Waals surface area contributed by atoms with Crippen LogP contribution < -0.4 is 15.4 Å². The Morgan fingerprint density at radius 3 is 2.71 bits per heavy atom. The average molecular weight is 393 g/mol. The molecule has 1 atom stereocenters. The van der Waals surface area contributed by atoms with Crippen LogP contribution in [0.2, 0.25) is 0 Å². The standard InChI is InChI=1S/C21H19N3O3S/c1-12-19(13-7-9-14(27-2)10-8-13)23-21(28-12)24-20(26)16-11-18(25)22-17-6-4-3-5-15(16)17/h3-10,16H,11H2,1-2H3,(H,22,25)(H,23,24,26). The van der Waals surface area contributed by atoms with E-state index in [0.29, 0.717) is 10.8 Å². The molecule has 1 aliphatic heterocycles. The third-order valence-electron chi connectivity index (χ3n) is 4.71. The van der Waals surface area contributed by atoms with Crippen LogP contribution in [0.1, 0.15) is 22.8 Å². The Morgan fingerprint density at radius 1 is 1.21 bits per heavy atom. The molecule has 28 heavy (non-hydrogen) atoms. The number of amides is 2. The summed E-state index contributed by atoms with van der Waals surface area (Å²) in [4.78, 5) is 30.4. The first-order valence-corrected chi connectivity index (χ1v) is 9.68. The monoisotopic (exact) mass is 393 g/mol. The number of thiazole rings is 1. The number of para-hydroxylation sites is 1. The highest BCUT2D eigenvalue weighted by Crippen LogP contribution is 2.35. The van der Waals surface area contributed by atoms with E-state index in [1.54, 1.807) is 7.11 Å². The van der Waals surface area contributed by atoms with Crippen LogP contribution in [0.5, 0.6) is 5.75 Å². The van der Waals surface area contributed by atoms with Gasteiger partial charge in [0.15, 0.2) is 5.13 Å². The minimum Gasteiger partial charge on any atom is -0.497 e. The quantitative estimate of drug-likeness (QED) is 0.696. The van der Waals surface area contributed by atoms with Crippen LogP contribution >= 0.6 is 11.3 Å². The van der Waals surface area contributed by atoms with Gasteiger partial charge in [0.1, 0.15) is 5.75 Å². The highest BCUT2D eigenvalue weighted by molar-refractivity contribution is 7.16. The van der Waals surface area contributed by atoms with Crippen LogP contribution in [-0.4, -0.2) is 23.9 Å². The Bertz CT molecular complexity index is 1040. The van der Waals surface area contributed by atoms with Crippen molar-refractivity contribution >= 4 is 34.0 Å². The molecule has 0 bridgehead atoms. The number of nitrogens with zero attached hydrogens (tertiary/aromatic N) is 1. The summed E-state index contributed by atoms with van der Waals surface area (Å²) >= 11 is 1.42. The van der Waals surface area contributed by atoms with Crippen LogP contribution in [0.25, 0.3) is 11.3 Å². The summed E-state index contributed by atoms with van der Waals surface area (Å²) in [6, 6.07) is 15.0. The highest BCUT2D eigenvalue weighted by Gasteiger charge is 2.31. The molecule has 2 aromatic carbocycles. The second kappa shape index (κ2) is 7.44. The maximum Gasteiger partial charge on any atom is 0.234 e. The smallest absolute Gasteiger partial charge is 0.234 e. The fraction of sp³-hybridized carbons (Fsp3) is 0.190. The molecule has 1 aliphatic rings. The van der Waals surface area contributed by atoms with Crippen molar-refractivity contribution in [2.24, 2.45) is 0 Å². The average Bonchev–Trinajstić information content (AvgIpc) is 3.07. The van der Waals surface area contributed by atoms with Crippen molar-refractivity contribution < 1.29 is 14.3 Å². The van der Waals surface area contributed by atoms with Gasteiger partial charge in [0.25, 0.3) is 0 Å². The lowest BCUT2D eigenvalue weighted by Crippen LogP contribution is -2.30. The Morgan fingerprint density at radius 2 is 1.96 bits per heavy atom. The highest BCUT2D eigenvalue weighted by atomic mass is 32.1. The number of rotatable bonds is 4. The van der Waals surface area contributed by atoms with Gasteiger partial charge in [-0.05, 0) is 42.8 Å². The van der Waals surface area contributed by atoms with Crippen molar-refractivity contribution in [2.45, 2.75) is 19.3 Å². The fourth-order valence-corrected chi connectivity index (χ4v) is 4.14. The molecule has 4 rings (SSSR count). The van der Waals surface area contributed by atoms with E-state index in [0.717, 1.165) is 27.4 Å². The van der Waals surface area contributed by atoms with Gasteiger partial charge in [-0.25, -0.2) is 4.98 Å². The minimum absolute atomic E-state index is 0.124. The maximum absolute atomic E-state index is 12.9. The van der Waals surface area contributed by atoms with Gasteiger partial charge in [0.05, 0.1) is 18.7 Å². The first kappa shape index (κ1) is 18.2. The van der Waals surface area contributed by atoms with Gasteiger partial charge < -0.3 is 15.4 Å². The summed E-state index contributed by atoms with van der Waals surface area (Å²) in [5, 5.41) is 6.23. The van der Waals surface area contributed by atoms with E-state index < -0.39 is 5.92 Å².